The van der Waals surface area contributed by atoms with E-state index in [1.165, 1.54) is 18.2 Å². The number of amides is 2. The molecule has 178 valence electrons. The first-order valence-corrected chi connectivity index (χ1v) is 10.9. The topological polar surface area (TPSA) is 105 Å². The molecule has 2 heterocycles. The van der Waals surface area contributed by atoms with Crippen molar-refractivity contribution in [2.24, 2.45) is 5.92 Å². The van der Waals surface area contributed by atoms with Crippen LogP contribution in [0.3, 0.4) is 0 Å². The highest BCUT2D eigenvalue weighted by Gasteiger charge is 2.43. The molecule has 1 N–H and O–H groups in total. The number of piperidine rings is 1. The molecule has 1 aliphatic heterocycles. The highest BCUT2D eigenvalue weighted by molar-refractivity contribution is 5.94. The lowest BCUT2D eigenvalue weighted by Gasteiger charge is -2.34. The molecule has 0 radical (unpaired) electrons. The lowest BCUT2D eigenvalue weighted by molar-refractivity contribution is -0.139. The Labute approximate surface area is 195 Å². The number of hydrogen-bond acceptors (Lipinski definition) is 6. The first-order chi connectivity index (χ1) is 16.4. The van der Waals surface area contributed by atoms with Crippen molar-refractivity contribution in [2.75, 3.05) is 32.1 Å². The van der Waals surface area contributed by atoms with Gasteiger partial charge in [-0.1, -0.05) is 6.07 Å². The number of pyridine rings is 1. The Balaban J connectivity index is 1.44. The summed E-state index contributed by atoms with van der Waals surface area (Å²) in [5, 5.41) is 12.2. The van der Waals surface area contributed by atoms with Gasteiger partial charge in [-0.3, -0.25) is 9.59 Å². The van der Waals surface area contributed by atoms with Crippen LogP contribution in [0, 0.1) is 17.2 Å². The molecule has 10 heteroatoms. The number of ether oxygens (including phenoxy) is 2. The predicted molar refractivity (Wildman–Crippen MR) is 118 cm³/mol. The number of hydrogen-bond donors (Lipinski definition) is 1. The normalized spacial score (nSPS) is 23.6. The molecule has 2 aromatic rings. The van der Waals surface area contributed by atoms with Crippen molar-refractivity contribution in [3.8, 4) is 22.9 Å². The van der Waals surface area contributed by atoms with Gasteiger partial charge in [0.25, 0.3) is 0 Å². The number of likely N-dealkylation sites (tertiary alicyclic amines) is 1. The van der Waals surface area contributed by atoms with Crippen LogP contribution in [0.15, 0.2) is 36.5 Å². The second-order valence-electron chi connectivity index (χ2n) is 8.33. The summed E-state index contributed by atoms with van der Waals surface area (Å²) in [6, 6.07) is 10.4. The summed E-state index contributed by atoms with van der Waals surface area (Å²) >= 11 is 0. The number of rotatable bonds is 7. The van der Waals surface area contributed by atoms with Gasteiger partial charge >= 0.3 is 0 Å². The van der Waals surface area contributed by atoms with E-state index in [-0.39, 0.29) is 49.0 Å². The quantitative estimate of drug-likeness (QED) is 0.667. The van der Waals surface area contributed by atoms with Crippen LogP contribution in [0.2, 0.25) is 0 Å². The van der Waals surface area contributed by atoms with Gasteiger partial charge in [0.1, 0.15) is 36.5 Å². The highest BCUT2D eigenvalue weighted by atomic mass is 19.1. The minimum Gasteiger partial charge on any atom is -0.486 e. The molecule has 0 bridgehead atoms. The van der Waals surface area contributed by atoms with Crippen LogP contribution in [0.4, 0.5) is 14.6 Å². The van der Waals surface area contributed by atoms with Gasteiger partial charge in [-0.2, -0.15) is 5.26 Å². The standard InChI is InChI=1S/C24H24F2N4O4/c1-33-13-23(31)30-7-5-21(19(26)12-30)34-20-3-2-14(8-16(20)11-27)15-4-6-28-22(9-15)29-24(32)17-10-18(17)25/h2-4,6,8-9,17-19,21H,5,7,10,12-13H2,1H3,(H,28,29,32)/t17-,18-,19+,21-/m0/s1. The van der Waals surface area contributed by atoms with Gasteiger partial charge in [-0.15, -0.1) is 0 Å². The van der Waals surface area contributed by atoms with E-state index in [4.69, 9.17) is 9.47 Å². The summed E-state index contributed by atoms with van der Waals surface area (Å²) in [6.07, 6.45) is -1.27. The van der Waals surface area contributed by atoms with Crippen molar-refractivity contribution in [3.05, 3.63) is 42.1 Å². The number of benzene rings is 1. The second kappa shape index (κ2) is 10.1. The monoisotopic (exact) mass is 470 g/mol. The molecule has 8 nitrogen and oxygen atoms in total. The van der Waals surface area contributed by atoms with Gasteiger partial charge in [-0.25, -0.2) is 13.8 Å². The van der Waals surface area contributed by atoms with Crippen LogP contribution in [0.1, 0.15) is 18.4 Å². The summed E-state index contributed by atoms with van der Waals surface area (Å²) in [5.41, 5.74) is 1.59. The molecule has 0 spiro atoms. The lowest BCUT2D eigenvalue weighted by atomic mass is 10.0. The van der Waals surface area contributed by atoms with Gasteiger partial charge in [0, 0.05) is 26.3 Å². The van der Waals surface area contributed by atoms with Crippen LogP contribution in [-0.2, 0) is 14.3 Å². The Kier molecular flexibility index (Phi) is 7.03. The highest BCUT2D eigenvalue weighted by Crippen LogP contribution is 2.35. The summed E-state index contributed by atoms with van der Waals surface area (Å²) in [6.45, 7) is 0.140. The Morgan fingerprint density at radius 2 is 2.00 bits per heavy atom. The van der Waals surface area contributed by atoms with Gasteiger partial charge in [0.15, 0.2) is 6.17 Å². The van der Waals surface area contributed by atoms with Crippen LogP contribution in [-0.4, -0.2) is 67.0 Å². The smallest absolute Gasteiger partial charge is 0.248 e. The Morgan fingerprint density at radius 3 is 2.68 bits per heavy atom. The Hall–Kier alpha value is -3.58. The summed E-state index contributed by atoms with van der Waals surface area (Å²) in [4.78, 5) is 29.4. The van der Waals surface area contributed by atoms with Crippen LogP contribution in [0.5, 0.6) is 5.75 Å². The second-order valence-corrected chi connectivity index (χ2v) is 8.33. The number of nitrogens with one attached hydrogen (secondary N) is 1. The van der Waals surface area contributed by atoms with Gasteiger partial charge < -0.3 is 19.7 Å². The maximum atomic E-state index is 14.7. The van der Waals surface area contributed by atoms with E-state index in [1.807, 2.05) is 0 Å². The maximum absolute atomic E-state index is 14.7. The molecular weight excluding hydrogens is 446 g/mol. The Bertz CT molecular complexity index is 1120. The number of nitriles is 1. The van der Waals surface area contributed by atoms with Crippen LogP contribution >= 0.6 is 0 Å². The fraction of sp³-hybridized carbons (Fsp3) is 0.417. The number of halogens is 2. The largest absolute Gasteiger partial charge is 0.486 e. The van der Waals surface area contributed by atoms with Crippen molar-refractivity contribution < 1.29 is 27.8 Å². The fourth-order valence-electron chi connectivity index (χ4n) is 3.85. The van der Waals surface area contributed by atoms with E-state index in [9.17, 15) is 23.6 Å². The average Bonchev–Trinajstić information content (AvgIpc) is 3.57. The van der Waals surface area contributed by atoms with E-state index in [1.54, 1.807) is 30.3 Å². The SMILES string of the molecule is COCC(=O)N1CC[C@H](Oc2ccc(-c3ccnc(NC(=O)[C@H]4C[C@@H]4F)c3)cc2C#N)[C@H](F)C1. The van der Waals surface area contributed by atoms with E-state index >= 15 is 0 Å². The number of anilines is 1. The molecule has 1 aliphatic carbocycles. The van der Waals surface area contributed by atoms with E-state index in [2.05, 4.69) is 16.4 Å². The molecule has 4 atom stereocenters. The van der Waals surface area contributed by atoms with Crippen molar-refractivity contribution in [1.29, 1.82) is 5.26 Å². The number of methoxy groups -OCH3 is 1. The molecule has 1 saturated heterocycles. The minimum absolute atomic E-state index is 0.0949. The molecule has 1 aromatic heterocycles. The fourth-order valence-corrected chi connectivity index (χ4v) is 3.85. The lowest BCUT2D eigenvalue weighted by Crippen LogP contribution is -2.50. The van der Waals surface area contributed by atoms with Crippen molar-refractivity contribution in [1.82, 2.24) is 9.88 Å². The molecule has 4 rings (SSSR count). The van der Waals surface area contributed by atoms with Crippen molar-refractivity contribution in [2.45, 2.75) is 31.3 Å². The third-order valence-electron chi connectivity index (χ3n) is 5.87. The average molecular weight is 470 g/mol. The maximum Gasteiger partial charge on any atom is 0.248 e. The first-order valence-electron chi connectivity index (χ1n) is 10.9. The number of alkyl halides is 2. The number of aromatic nitrogens is 1. The van der Waals surface area contributed by atoms with Gasteiger partial charge in [0.05, 0.1) is 18.0 Å². The minimum atomic E-state index is -1.40. The molecule has 1 aromatic carbocycles. The predicted octanol–water partition coefficient (Wildman–Crippen LogP) is 2.88. The van der Waals surface area contributed by atoms with E-state index in [0.717, 1.165) is 0 Å². The first kappa shape index (κ1) is 23.6. The zero-order valence-corrected chi connectivity index (χ0v) is 18.5. The van der Waals surface area contributed by atoms with Gasteiger partial charge in [-0.05, 0) is 41.8 Å². The number of carbonyl (C=O) groups is 2. The number of carbonyl (C=O) groups excluding carboxylic acids is 2. The number of nitrogens with zero attached hydrogens (tertiary/aromatic N) is 3. The van der Waals surface area contributed by atoms with Crippen molar-refractivity contribution in [3.63, 3.8) is 0 Å². The van der Waals surface area contributed by atoms with Gasteiger partial charge in [0.2, 0.25) is 11.8 Å². The molecule has 34 heavy (non-hydrogen) atoms. The van der Waals surface area contributed by atoms with Crippen molar-refractivity contribution >= 4 is 17.6 Å². The molecule has 2 aliphatic rings. The third-order valence-corrected chi connectivity index (χ3v) is 5.87. The Morgan fingerprint density at radius 1 is 1.24 bits per heavy atom. The summed E-state index contributed by atoms with van der Waals surface area (Å²) in [7, 11) is 1.41. The third kappa shape index (κ3) is 5.31. The summed E-state index contributed by atoms with van der Waals surface area (Å²) < 4.78 is 38.4. The summed E-state index contributed by atoms with van der Waals surface area (Å²) in [5.74, 6) is -0.776. The molecule has 2 fully saturated rings. The molecule has 2 amide bonds. The zero-order valence-electron chi connectivity index (χ0n) is 18.5. The zero-order chi connectivity index (χ0) is 24.2. The molecule has 1 saturated carbocycles. The molecule has 0 unspecified atom stereocenters. The van der Waals surface area contributed by atoms with E-state index in [0.29, 0.717) is 17.7 Å². The van der Waals surface area contributed by atoms with Crippen LogP contribution in [0.25, 0.3) is 11.1 Å². The van der Waals surface area contributed by atoms with Crippen LogP contribution < -0.4 is 10.1 Å². The van der Waals surface area contributed by atoms with E-state index < -0.39 is 30.3 Å². The molecular formula is C24H24F2N4O4.